The van der Waals surface area contributed by atoms with Crippen LogP contribution in [-0.2, 0) is 26.2 Å². The van der Waals surface area contributed by atoms with E-state index in [2.05, 4.69) is 5.32 Å². The molecule has 9 heteroatoms. The summed E-state index contributed by atoms with van der Waals surface area (Å²) in [6, 6.07) is 21.4. The van der Waals surface area contributed by atoms with E-state index in [1.165, 1.54) is 23.1 Å². The number of aryl methyl sites for hydroxylation is 1. The molecule has 1 fully saturated rings. The van der Waals surface area contributed by atoms with Crippen molar-refractivity contribution in [1.29, 1.82) is 0 Å². The molecule has 0 heterocycles. The lowest BCUT2D eigenvalue weighted by Gasteiger charge is -2.33. The summed E-state index contributed by atoms with van der Waals surface area (Å²) in [6.45, 7) is 3.32. The molecule has 0 spiro atoms. The lowest BCUT2D eigenvalue weighted by Crippen LogP contribution is -2.53. The topological polar surface area (TPSA) is 86.8 Å². The van der Waals surface area contributed by atoms with Crippen molar-refractivity contribution in [2.45, 2.75) is 69.5 Å². The zero-order valence-corrected chi connectivity index (χ0v) is 24.5. The van der Waals surface area contributed by atoms with Crippen LogP contribution >= 0.6 is 11.6 Å². The van der Waals surface area contributed by atoms with Crippen LogP contribution in [-0.4, -0.2) is 43.8 Å². The fourth-order valence-electron chi connectivity index (χ4n) is 5.04. The predicted molar refractivity (Wildman–Crippen MR) is 159 cm³/mol. The number of benzene rings is 3. The van der Waals surface area contributed by atoms with Gasteiger partial charge in [0.05, 0.1) is 10.6 Å². The first-order valence-corrected chi connectivity index (χ1v) is 15.5. The third-order valence-corrected chi connectivity index (χ3v) is 9.28. The number of hydrogen-bond donors (Lipinski definition) is 1. The highest BCUT2D eigenvalue weighted by Gasteiger charge is 2.33. The Balaban J connectivity index is 1.67. The van der Waals surface area contributed by atoms with E-state index in [-0.39, 0.29) is 29.1 Å². The molecule has 1 aliphatic carbocycles. The van der Waals surface area contributed by atoms with Gasteiger partial charge in [-0.05, 0) is 62.6 Å². The number of carbonyl (C=O) groups is 2. The van der Waals surface area contributed by atoms with E-state index in [4.69, 9.17) is 11.6 Å². The van der Waals surface area contributed by atoms with Gasteiger partial charge >= 0.3 is 0 Å². The summed E-state index contributed by atoms with van der Waals surface area (Å²) in [5, 5.41) is 3.46. The van der Waals surface area contributed by atoms with Gasteiger partial charge in [-0.3, -0.25) is 13.9 Å². The largest absolute Gasteiger partial charge is 0.352 e. The van der Waals surface area contributed by atoms with E-state index >= 15 is 0 Å². The van der Waals surface area contributed by atoms with E-state index in [9.17, 15) is 18.0 Å². The van der Waals surface area contributed by atoms with Gasteiger partial charge in [-0.25, -0.2) is 8.42 Å². The van der Waals surface area contributed by atoms with E-state index in [1.807, 2.05) is 31.2 Å². The van der Waals surface area contributed by atoms with Crippen molar-refractivity contribution in [2.24, 2.45) is 0 Å². The summed E-state index contributed by atoms with van der Waals surface area (Å²) in [7, 11) is -4.12. The normalized spacial score (nSPS) is 14.8. The number of halogens is 1. The second-order valence-corrected chi connectivity index (χ2v) is 12.6. The number of nitrogens with one attached hydrogen (secondary N) is 1. The Bertz CT molecular complexity index is 1430. The third kappa shape index (κ3) is 7.43. The summed E-state index contributed by atoms with van der Waals surface area (Å²) in [5.74, 6) is -0.736. The first-order valence-electron chi connectivity index (χ1n) is 13.6. The lowest BCUT2D eigenvalue weighted by molar-refractivity contribution is -0.139. The molecule has 40 heavy (non-hydrogen) atoms. The first kappa shape index (κ1) is 29.6. The van der Waals surface area contributed by atoms with Crippen molar-refractivity contribution in [3.8, 4) is 0 Å². The number of hydrogen-bond acceptors (Lipinski definition) is 4. The Morgan fingerprint density at radius 3 is 2.33 bits per heavy atom. The van der Waals surface area contributed by atoms with Crippen molar-refractivity contribution < 1.29 is 18.0 Å². The Labute approximate surface area is 242 Å². The minimum absolute atomic E-state index is 0.0519. The molecule has 1 aliphatic rings. The molecule has 0 radical (unpaired) electrons. The molecule has 0 aromatic heterocycles. The van der Waals surface area contributed by atoms with E-state index in [0.29, 0.717) is 5.02 Å². The van der Waals surface area contributed by atoms with Crippen molar-refractivity contribution in [3.63, 3.8) is 0 Å². The summed E-state index contributed by atoms with van der Waals surface area (Å²) < 4.78 is 28.7. The van der Waals surface area contributed by atoms with Crippen molar-refractivity contribution >= 4 is 39.1 Å². The standard InChI is InChI=1S/C31H36ClN3O4S/c1-23-11-9-12-25(19-23)21-34(24(2)31(37)33-27-14-5-3-6-15-27)30(36)22-35(28-16-10-13-26(32)20-28)40(38,39)29-17-7-4-8-18-29/h4,7-13,16-20,24,27H,3,5-6,14-15,21-22H2,1-2H3,(H,33,37)/t24-/m0/s1. The minimum atomic E-state index is -4.12. The predicted octanol–water partition coefficient (Wildman–Crippen LogP) is 5.71. The Morgan fingerprint density at radius 1 is 0.950 bits per heavy atom. The molecule has 3 aromatic rings. The Morgan fingerprint density at radius 2 is 1.65 bits per heavy atom. The second kappa shape index (κ2) is 13.3. The molecule has 1 atom stereocenters. The molecule has 1 saturated carbocycles. The van der Waals surface area contributed by atoms with Gasteiger partial charge in [-0.2, -0.15) is 0 Å². The molecule has 2 amide bonds. The number of rotatable bonds is 10. The van der Waals surface area contributed by atoms with Crippen molar-refractivity contribution in [2.75, 3.05) is 10.8 Å². The molecule has 0 unspecified atom stereocenters. The summed E-state index contributed by atoms with van der Waals surface area (Å²) in [4.78, 5) is 28.9. The van der Waals surface area contributed by atoms with Crippen LogP contribution in [0.3, 0.4) is 0 Å². The van der Waals surface area contributed by atoms with Crippen LogP contribution in [0.25, 0.3) is 0 Å². The van der Waals surface area contributed by atoms with Gasteiger partial charge in [0.2, 0.25) is 11.8 Å². The van der Waals surface area contributed by atoms with Crippen LogP contribution in [0.15, 0.2) is 83.8 Å². The van der Waals surface area contributed by atoms with Gasteiger partial charge in [0.1, 0.15) is 12.6 Å². The van der Waals surface area contributed by atoms with Crippen LogP contribution in [0.4, 0.5) is 5.69 Å². The van der Waals surface area contributed by atoms with E-state index < -0.39 is 28.5 Å². The number of nitrogens with zero attached hydrogens (tertiary/aromatic N) is 2. The molecule has 4 rings (SSSR count). The Kier molecular flexibility index (Phi) is 9.87. The number of carbonyl (C=O) groups excluding carboxylic acids is 2. The number of anilines is 1. The highest BCUT2D eigenvalue weighted by Crippen LogP contribution is 2.27. The monoisotopic (exact) mass is 581 g/mol. The van der Waals surface area contributed by atoms with Crippen molar-refractivity contribution in [3.05, 3.63) is 95.0 Å². The maximum atomic E-state index is 14.0. The lowest BCUT2D eigenvalue weighted by atomic mass is 9.95. The summed E-state index contributed by atoms with van der Waals surface area (Å²) in [5.41, 5.74) is 2.14. The molecule has 212 valence electrons. The first-order chi connectivity index (χ1) is 19.1. The van der Waals surface area contributed by atoms with Crippen LogP contribution < -0.4 is 9.62 Å². The van der Waals surface area contributed by atoms with Gasteiger partial charge < -0.3 is 10.2 Å². The maximum absolute atomic E-state index is 14.0. The minimum Gasteiger partial charge on any atom is -0.352 e. The highest BCUT2D eigenvalue weighted by atomic mass is 35.5. The second-order valence-electron chi connectivity index (χ2n) is 10.3. The van der Waals surface area contributed by atoms with Crippen LogP contribution in [0.2, 0.25) is 5.02 Å². The number of amides is 2. The third-order valence-electron chi connectivity index (χ3n) is 7.26. The number of sulfonamides is 1. The van der Waals surface area contributed by atoms with E-state index in [0.717, 1.165) is 47.5 Å². The van der Waals surface area contributed by atoms with Crippen LogP contribution in [0.1, 0.15) is 50.2 Å². The summed E-state index contributed by atoms with van der Waals surface area (Å²) >= 11 is 6.22. The SMILES string of the molecule is Cc1cccc(CN(C(=O)CN(c2cccc(Cl)c2)S(=O)(=O)c2ccccc2)[C@@H](C)C(=O)NC2CCCCC2)c1. The summed E-state index contributed by atoms with van der Waals surface area (Å²) in [6.07, 6.45) is 5.13. The van der Waals surface area contributed by atoms with Crippen LogP contribution in [0.5, 0.6) is 0 Å². The van der Waals surface area contributed by atoms with Gasteiger partial charge in [0.15, 0.2) is 0 Å². The fourth-order valence-corrected chi connectivity index (χ4v) is 6.65. The molecule has 3 aromatic carbocycles. The van der Waals surface area contributed by atoms with E-state index in [1.54, 1.807) is 43.3 Å². The molecule has 0 aliphatic heterocycles. The molecular formula is C31H36ClN3O4S. The molecule has 1 N–H and O–H groups in total. The quantitative estimate of drug-likeness (QED) is 0.332. The van der Waals surface area contributed by atoms with Crippen molar-refractivity contribution in [1.82, 2.24) is 10.2 Å². The van der Waals surface area contributed by atoms with Gasteiger partial charge in [-0.1, -0.05) is 85.0 Å². The molecule has 0 saturated heterocycles. The highest BCUT2D eigenvalue weighted by molar-refractivity contribution is 7.92. The van der Waals surface area contributed by atoms with Gasteiger partial charge in [0, 0.05) is 17.6 Å². The Hall–Kier alpha value is -3.36. The van der Waals surface area contributed by atoms with Gasteiger partial charge in [0.25, 0.3) is 10.0 Å². The maximum Gasteiger partial charge on any atom is 0.264 e. The zero-order valence-electron chi connectivity index (χ0n) is 22.9. The zero-order chi connectivity index (χ0) is 28.7. The molecule has 7 nitrogen and oxygen atoms in total. The van der Waals surface area contributed by atoms with Gasteiger partial charge in [-0.15, -0.1) is 0 Å². The molecular weight excluding hydrogens is 546 g/mol. The fraction of sp³-hybridized carbons (Fsp3) is 0.355. The smallest absolute Gasteiger partial charge is 0.264 e. The average Bonchev–Trinajstić information content (AvgIpc) is 2.95. The molecule has 0 bridgehead atoms. The van der Waals surface area contributed by atoms with Crippen LogP contribution in [0, 0.1) is 6.92 Å². The average molecular weight is 582 g/mol.